The van der Waals surface area contributed by atoms with Gasteiger partial charge in [0.25, 0.3) is 16.0 Å². The van der Waals surface area contributed by atoms with Crippen molar-refractivity contribution in [2.24, 2.45) is 0 Å². The third kappa shape index (κ3) is 3.83. The highest BCUT2D eigenvalue weighted by molar-refractivity contribution is 7.86. The predicted molar refractivity (Wildman–Crippen MR) is 77.6 cm³/mol. The fourth-order valence-corrected chi connectivity index (χ4v) is 3.08. The summed E-state index contributed by atoms with van der Waals surface area (Å²) in [5, 5.41) is 0. The number of hydrogen-bond acceptors (Lipinski definition) is 6. The maximum atomic E-state index is 12.5. The van der Waals surface area contributed by atoms with E-state index in [1.165, 1.54) is 12.0 Å². The van der Waals surface area contributed by atoms with E-state index in [0.29, 0.717) is 5.56 Å². The van der Waals surface area contributed by atoms with Crippen LogP contribution in [0.25, 0.3) is 0 Å². The Hall–Kier alpha value is -1.93. The molecule has 1 amide bonds. The summed E-state index contributed by atoms with van der Waals surface area (Å²) in [4.78, 5) is 25.6. The van der Waals surface area contributed by atoms with Gasteiger partial charge in [-0.1, -0.05) is 18.2 Å². The van der Waals surface area contributed by atoms with Gasteiger partial charge in [-0.3, -0.25) is 8.98 Å². The van der Waals surface area contributed by atoms with Crippen LogP contribution in [0.1, 0.15) is 16.8 Å². The fourth-order valence-electron chi connectivity index (χ4n) is 2.44. The lowest BCUT2D eigenvalue weighted by atomic mass is 10.1. The minimum absolute atomic E-state index is 0.0144. The van der Waals surface area contributed by atoms with Gasteiger partial charge in [-0.15, -0.1) is 0 Å². The Labute approximate surface area is 128 Å². The lowest BCUT2D eigenvalue weighted by Crippen LogP contribution is -2.41. The predicted octanol–water partition coefficient (Wildman–Crippen LogP) is 0.419. The number of carbonyl (C=O) groups excluding carboxylic acids is 2. The summed E-state index contributed by atoms with van der Waals surface area (Å²) in [6.45, 7) is 0.0144. The van der Waals surface area contributed by atoms with Gasteiger partial charge in [-0.25, -0.2) is 4.79 Å². The summed E-state index contributed by atoms with van der Waals surface area (Å²) in [5.74, 6) is -0.959. The van der Waals surface area contributed by atoms with E-state index < -0.39 is 28.2 Å². The van der Waals surface area contributed by atoms with E-state index in [4.69, 9.17) is 8.92 Å². The normalized spacial score (nSPS) is 21.6. The SMILES string of the molecule is COC(=O)[C@@H]1C[C@H](OS(C)(=O)=O)CN1C(=O)c1ccccc1. The maximum Gasteiger partial charge on any atom is 0.328 e. The fraction of sp³-hybridized carbons (Fsp3) is 0.429. The molecule has 22 heavy (non-hydrogen) atoms. The highest BCUT2D eigenvalue weighted by Crippen LogP contribution is 2.24. The van der Waals surface area contributed by atoms with Crippen molar-refractivity contribution in [3.05, 3.63) is 35.9 Å². The van der Waals surface area contributed by atoms with Crippen molar-refractivity contribution >= 4 is 22.0 Å². The molecule has 0 unspecified atom stereocenters. The molecule has 8 heteroatoms. The lowest BCUT2D eigenvalue weighted by molar-refractivity contribution is -0.145. The first kappa shape index (κ1) is 16.4. The van der Waals surface area contributed by atoms with Gasteiger partial charge >= 0.3 is 5.97 Å². The molecule has 0 spiro atoms. The van der Waals surface area contributed by atoms with Gasteiger partial charge in [0.05, 0.1) is 19.5 Å². The molecule has 1 aromatic rings. The minimum Gasteiger partial charge on any atom is -0.467 e. The van der Waals surface area contributed by atoms with Gasteiger partial charge in [0.2, 0.25) is 0 Å². The van der Waals surface area contributed by atoms with E-state index in [0.717, 1.165) is 6.26 Å². The number of methoxy groups -OCH3 is 1. The van der Waals surface area contributed by atoms with E-state index in [1.807, 2.05) is 0 Å². The Morgan fingerprint density at radius 1 is 1.23 bits per heavy atom. The molecule has 7 nitrogen and oxygen atoms in total. The molecule has 1 aliphatic heterocycles. The zero-order valence-corrected chi connectivity index (χ0v) is 13.1. The number of amides is 1. The van der Waals surface area contributed by atoms with Gasteiger partial charge in [0, 0.05) is 18.5 Å². The van der Waals surface area contributed by atoms with Crippen molar-refractivity contribution in [1.82, 2.24) is 4.90 Å². The van der Waals surface area contributed by atoms with Crippen molar-refractivity contribution in [2.75, 3.05) is 19.9 Å². The van der Waals surface area contributed by atoms with Crippen molar-refractivity contribution in [3.8, 4) is 0 Å². The molecule has 0 saturated carbocycles. The first-order chi connectivity index (χ1) is 10.3. The van der Waals surface area contributed by atoms with Crippen LogP contribution in [0.4, 0.5) is 0 Å². The van der Waals surface area contributed by atoms with Crippen LogP contribution in [-0.4, -0.2) is 57.3 Å². The van der Waals surface area contributed by atoms with E-state index in [-0.39, 0.29) is 18.9 Å². The minimum atomic E-state index is -3.67. The van der Waals surface area contributed by atoms with Crippen molar-refractivity contribution in [3.63, 3.8) is 0 Å². The smallest absolute Gasteiger partial charge is 0.328 e. The molecule has 2 rings (SSSR count). The Balaban J connectivity index is 2.23. The van der Waals surface area contributed by atoms with Crippen LogP contribution in [0.15, 0.2) is 30.3 Å². The second-order valence-electron chi connectivity index (χ2n) is 5.02. The average Bonchev–Trinajstić information content (AvgIpc) is 2.88. The maximum absolute atomic E-state index is 12.5. The van der Waals surface area contributed by atoms with Crippen LogP contribution in [0.5, 0.6) is 0 Å². The molecule has 1 aromatic carbocycles. The molecule has 1 aliphatic rings. The number of benzene rings is 1. The van der Waals surface area contributed by atoms with Crippen molar-refractivity contribution in [1.29, 1.82) is 0 Å². The second-order valence-corrected chi connectivity index (χ2v) is 6.62. The Bertz CT molecular complexity index is 657. The van der Waals surface area contributed by atoms with Gasteiger partial charge in [0.15, 0.2) is 0 Å². The quantitative estimate of drug-likeness (QED) is 0.588. The number of hydrogen-bond donors (Lipinski definition) is 0. The summed E-state index contributed by atoms with van der Waals surface area (Å²) in [5.41, 5.74) is 0.413. The van der Waals surface area contributed by atoms with Gasteiger partial charge < -0.3 is 9.64 Å². The summed E-state index contributed by atoms with van der Waals surface area (Å²) >= 11 is 0. The number of esters is 1. The molecular formula is C14H17NO6S. The molecule has 120 valence electrons. The topological polar surface area (TPSA) is 90.0 Å². The molecular weight excluding hydrogens is 310 g/mol. The van der Waals surface area contributed by atoms with Crippen molar-refractivity contribution in [2.45, 2.75) is 18.6 Å². The molecule has 1 heterocycles. The van der Waals surface area contributed by atoms with Crippen LogP contribution >= 0.6 is 0 Å². The first-order valence-corrected chi connectivity index (χ1v) is 8.45. The van der Waals surface area contributed by atoms with Gasteiger partial charge in [-0.05, 0) is 12.1 Å². The summed E-state index contributed by atoms with van der Waals surface area (Å²) in [6.07, 6.45) is 0.256. The summed E-state index contributed by atoms with van der Waals surface area (Å²) < 4.78 is 32.1. The molecule has 0 N–H and O–H groups in total. The second kappa shape index (κ2) is 6.45. The monoisotopic (exact) mass is 327 g/mol. The van der Waals surface area contributed by atoms with E-state index in [9.17, 15) is 18.0 Å². The highest BCUT2D eigenvalue weighted by Gasteiger charge is 2.42. The Morgan fingerprint density at radius 2 is 1.86 bits per heavy atom. The van der Waals surface area contributed by atoms with Crippen LogP contribution in [0.3, 0.4) is 0 Å². The average molecular weight is 327 g/mol. The molecule has 1 saturated heterocycles. The molecule has 1 fully saturated rings. The Morgan fingerprint density at radius 3 is 2.41 bits per heavy atom. The zero-order chi connectivity index (χ0) is 16.3. The first-order valence-electron chi connectivity index (χ1n) is 6.64. The summed E-state index contributed by atoms with van der Waals surface area (Å²) in [7, 11) is -2.45. The Kier molecular flexibility index (Phi) is 4.82. The van der Waals surface area contributed by atoms with Crippen LogP contribution in [0, 0.1) is 0 Å². The number of ether oxygens (including phenoxy) is 1. The molecule has 0 radical (unpaired) electrons. The lowest BCUT2D eigenvalue weighted by Gasteiger charge is -2.22. The van der Waals surface area contributed by atoms with Gasteiger partial charge in [-0.2, -0.15) is 8.42 Å². The van der Waals surface area contributed by atoms with E-state index in [1.54, 1.807) is 30.3 Å². The largest absolute Gasteiger partial charge is 0.467 e. The van der Waals surface area contributed by atoms with Gasteiger partial charge in [0.1, 0.15) is 6.04 Å². The van der Waals surface area contributed by atoms with Crippen molar-refractivity contribution < 1.29 is 26.9 Å². The number of carbonyl (C=O) groups is 2. The third-order valence-corrected chi connectivity index (χ3v) is 3.95. The third-order valence-electron chi connectivity index (χ3n) is 3.33. The van der Waals surface area contributed by atoms with E-state index >= 15 is 0 Å². The molecule has 0 aromatic heterocycles. The molecule has 0 bridgehead atoms. The number of rotatable bonds is 4. The molecule has 2 atom stereocenters. The van der Waals surface area contributed by atoms with E-state index in [2.05, 4.69) is 0 Å². The van der Waals surface area contributed by atoms with Crippen LogP contribution in [0.2, 0.25) is 0 Å². The number of nitrogens with zero attached hydrogens (tertiary/aromatic N) is 1. The highest BCUT2D eigenvalue weighted by atomic mass is 32.2. The summed E-state index contributed by atoms with van der Waals surface area (Å²) in [6, 6.07) is 7.59. The standard InChI is InChI=1S/C14H17NO6S/c1-20-14(17)12-8-11(21-22(2,18)19)9-15(12)13(16)10-6-4-3-5-7-10/h3-7,11-12H,8-9H2,1-2H3/t11-,12-/m0/s1. The van der Waals surface area contributed by atoms with Crippen LogP contribution < -0.4 is 0 Å². The number of likely N-dealkylation sites (tertiary alicyclic amines) is 1. The zero-order valence-electron chi connectivity index (χ0n) is 12.3. The van der Waals surface area contributed by atoms with Crippen LogP contribution in [-0.2, 0) is 23.8 Å². The molecule has 0 aliphatic carbocycles.